The molecule has 0 unspecified atom stereocenters. The number of rotatable bonds is 18. The summed E-state index contributed by atoms with van der Waals surface area (Å²) in [7, 11) is 3.54. The van der Waals surface area contributed by atoms with Gasteiger partial charge >= 0.3 is 0 Å². The molecule has 0 heterocycles. The molecule has 0 amide bonds. The molecule has 2 N–H and O–H groups in total. The molecule has 0 aliphatic carbocycles. The lowest BCUT2D eigenvalue weighted by Gasteiger charge is -2.07. The zero-order valence-electron chi connectivity index (χ0n) is 16.2. The van der Waals surface area contributed by atoms with Gasteiger partial charge in [0.25, 0.3) is 0 Å². The Bertz CT molecular complexity index is 370. The Morgan fingerprint density at radius 1 is 0.560 bits per heavy atom. The highest BCUT2D eigenvalue weighted by Crippen LogP contribution is 2.11. The summed E-state index contributed by atoms with van der Waals surface area (Å²) in [5, 5.41) is 7.02. The third-order valence-corrected chi connectivity index (χ3v) is 5.03. The lowest BCUT2D eigenvalue weighted by atomic mass is 10.1. The highest BCUT2D eigenvalue weighted by molar-refractivity contribution is 6.08. The van der Waals surface area contributed by atoms with Gasteiger partial charge in [0.1, 0.15) is 0 Å². The number of unbranched alkanes of at least 4 members (excludes halogenated alkanes) is 10. The molecule has 0 atom stereocenters. The molecule has 3 radical (unpaired) electrons. The molecule has 0 aliphatic heterocycles. The third kappa shape index (κ3) is 15.3. The van der Waals surface area contributed by atoms with E-state index in [4.69, 9.17) is 0 Å². The summed E-state index contributed by atoms with van der Waals surface area (Å²) in [6.45, 7) is 4.26. The second kappa shape index (κ2) is 18.2. The predicted molar refractivity (Wildman–Crippen MR) is 112 cm³/mol. The second-order valence-electron chi connectivity index (χ2n) is 7.05. The van der Waals surface area contributed by atoms with Crippen LogP contribution in [0, 0.1) is 0 Å². The first-order valence-electron chi connectivity index (χ1n) is 10.5. The number of hydrogen-bond acceptors (Lipinski definition) is 2. The Kier molecular flexibility index (Phi) is 16.3. The van der Waals surface area contributed by atoms with E-state index in [0.29, 0.717) is 0 Å². The van der Waals surface area contributed by atoms with Gasteiger partial charge in [-0.05, 0) is 18.5 Å². The van der Waals surface area contributed by atoms with E-state index in [1.807, 2.05) is 0 Å². The number of nitrogens with one attached hydrogen (secondary N) is 2. The van der Waals surface area contributed by atoms with Crippen molar-refractivity contribution in [3.05, 3.63) is 35.9 Å². The van der Waals surface area contributed by atoms with E-state index >= 15 is 0 Å². The zero-order chi connectivity index (χ0) is 17.8. The number of hydrogen-bond donors (Lipinski definition) is 2. The summed E-state index contributed by atoms with van der Waals surface area (Å²) in [5.41, 5.74) is 1.36. The minimum absolute atomic E-state index is 0.971. The molecule has 0 aromatic heterocycles. The summed E-state index contributed by atoms with van der Waals surface area (Å²) in [5.74, 6) is 0. The molecule has 0 bridgehead atoms. The van der Waals surface area contributed by atoms with Crippen LogP contribution in [0.2, 0.25) is 6.04 Å². The Morgan fingerprint density at radius 2 is 1.08 bits per heavy atom. The molecule has 1 rings (SSSR count). The van der Waals surface area contributed by atoms with Gasteiger partial charge in [0.15, 0.2) is 0 Å². The topological polar surface area (TPSA) is 24.1 Å². The monoisotopic (exact) mass is 359 g/mol. The van der Waals surface area contributed by atoms with Crippen LogP contribution < -0.4 is 10.6 Å². The zero-order valence-corrected chi connectivity index (χ0v) is 17.2. The lowest BCUT2D eigenvalue weighted by molar-refractivity contribution is 0.535. The number of benzene rings is 1. The van der Waals surface area contributed by atoms with Gasteiger partial charge in [-0.2, -0.15) is 0 Å². The second-order valence-corrected chi connectivity index (χ2v) is 7.55. The minimum atomic E-state index is 0.971. The van der Waals surface area contributed by atoms with Crippen molar-refractivity contribution in [1.29, 1.82) is 0 Å². The van der Waals surface area contributed by atoms with E-state index in [1.54, 1.807) is 0 Å². The third-order valence-electron chi connectivity index (χ3n) is 4.68. The summed E-state index contributed by atoms with van der Waals surface area (Å²) in [6.07, 6.45) is 15.5. The van der Waals surface area contributed by atoms with Gasteiger partial charge < -0.3 is 10.6 Å². The van der Waals surface area contributed by atoms with Crippen molar-refractivity contribution >= 4 is 10.2 Å². The normalized spacial score (nSPS) is 11.1. The first-order valence-corrected chi connectivity index (χ1v) is 11.2. The molecule has 25 heavy (non-hydrogen) atoms. The van der Waals surface area contributed by atoms with E-state index in [2.05, 4.69) is 51.2 Å². The molecule has 0 saturated carbocycles. The van der Waals surface area contributed by atoms with E-state index in [0.717, 1.165) is 19.6 Å². The molecular formula is C22H39N2Si. The van der Waals surface area contributed by atoms with Crippen molar-refractivity contribution in [3.63, 3.8) is 0 Å². The van der Waals surface area contributed by atoms with Crippen LogP contribution in [0.3, 0.4) is 0 Å². The summed E-state index contributed by atoms with van der Waals surface area (Å²) >= 11 is 0. The Balaban J connectivity index is 1.69. The van der Waals surface area contributed by atoms with Crippen LogP contribution in [0.4, 0.5) is 0 Å². The maximum Gasteiger partial charge on any atom is 0.0222 e. The maximum absolute atomic E-state index is 3.54. The summed E-state index contributed by atoms with van der Waals surface area (Å²) < 4.78 is 0. The summed E-state index contributed by atoms with van der Waals surface area (Å²) in [6, 6.07) is 11.8. The molecule has 2 nitrogen and oxygen atoms in total. The largest absolute Gasteiger partial charge is 0.315 e. The van der Waals surface area contributed by atoms with E-state index in [9.17, 15) is 0 Å². The van der Waals surface area contributed by atoms with Gasteiger partial charge in [0.2, 0.25) is 0 Å². The molecule has 0 fully saturated rings. The van der Waals surface area contributed by atoms with Gasteiger partial charge in [-0.3, -0.25) is 0 Å². The van der Waals surface area contributed by atoms with Crippen LogP contribution in [-0.4, -0.2) is 29.9 Å². The van der Waals surface area contributed by atoms with Crippen LogP contribution in [0.5, 0.6) is 0 Å². The van der Waals surface area contributed by atoms with Crippen molar-refractivity contribution in [3.8, 4) is 0 Å². The maximum atomic E-state index is 3.54. The molecule has 141 valence electrons. The molecule has 1 aromatic carbocycles. The molecule has 0 spiro atoms. The van der Waals surface area contributed by atoms with Gasteiger partial charge in [-0.15, -0.1) is 0 Å². The fourth-order valence-corrected chi connectivity index (χ4v) is 3.35. The summed E-state index contributed by atoms with van der Waals surface area (Å²) in [4.78, 5) is 0. The molecular weight excluding hydrogens is 320 g/mol. The van der Waals surface area contributed by atoms with Crippen LogP contribution in [-0.2, 0) is 6.54 Å². The lowest BCUT2D eigenvalue weighted by Crippen LogP contribution is -2.27. The van der Waals surface area contributed by atoms with Gasteiger partial charge in [0, 0.05) is 29.9 Å². The van der Waals surface area contributed by atoms with Gasteiger partial charge in [-0.1, -0.05) is 101 Å². The molecule has 0 aliphatic rings. The van der Waals surface area contributed by atoms with Crippen LogP contribution in [0.25, 0.3) is 0 Å². The first-order chi connectivity index (χ1) is 12.4. The van der Waals surface area contributed by atoms with E-state index in [-0.39, 0.29) is 0 Å². The van der Waals surface area contributed by atoms with E-state index < -0.39 is 0 Å². The smallest absolute Gasteiger partial charge is 0.0222 e. The fourth-order valence-electron chi connectivity index (χ4n) is 3.10. The van der Waals surface area contributed by atoms with Gasteiger partial charge in [-0.25, -0.2) is 0 Å². The first kappa shape index (κ1) is 22.4. The SMILES string of the molecule is [Si]CCCCCCCCCCCCCNCCNCc1ccccc1. The van der Waals surface area contributed by atoms with E-state index in [1.165, 1.54) is 88.8 Å². The Morgan fingerprint density at radius 3 is 1.68 bits per heavy atom. The van der Waals surface area contributed by atoms with Crippen molar-refractivity contribution < 1.29 is 0 Å². The Labute approximate surface area is 160 Å². The van der Waals surface area contributed by atoms with Crippen LogP contribution >= 0.6 is 0 Å². The predicted octanol–water partition coefficient (Wildman–Crippen LogP) is 5.24. The average molecular weight is 360 g/mol. The van der Waals surface area contributed by atoms with Crippen molar-refractivity contribution in [2.24, 2.45) is 0 Å². The highest BCUT2D eigenvalue weighted by Gasteiger charge is 1.94. The molecule has 0 saturated heterocycles. The standard InChI is InChI=1S/C22H39N2Si/c25-20-14-9-7-5-3-1-2-4-6-8-13-17-23-18-19-24-21-22-15-11-10-12-16-22/h10-12,15-16,23-24H,1-9,13-14,17-21H2. The quantitative estimate of drug-likeness (QED) is 0.276. The van der Waals surface area contributed by atoms with Crippen LogP contribution in [0.1, 0.15) is 76.2 Å². The average Bonchev–Trinajstić information content (AvgIpc) is 2.65. The van der Waals surface area contributed by atoms with Crippen LogP contribution in [0.15, 0.2) is 30.3 Å². The molecule has 3 heteroatoms. The van der Waals surface area contributed by atoms with Gasteiger partial charge in [0.05, 0.1) is 0 Å². The fraction of sp³-hybridized carbons (Fsp3) is 0.727. The van der Waals surface area contributed by atoms with Crippen molar-refractivity contribution in [2.75, 3.05) is 19.6 Å². The highest BCUT2D eigenvalue weighted by atomic mass is 28.1. The minimum Gasteiger partial charge on any atom is -0.315 e. The van der Waals surface area contributed by atoms with Crippen molar-refractivity contribution in [1.82, 2.24) is 10.6 Å². The molecule has 1 aromatic rings. The Hall–Kier alpha value is -0.643. The van der Waals surface area contributed by atoms with Crippen molar-refractivity contribution in [2.45, 2.75) is 83.2 Å².